The Morgan fingerprint density at radius 1 is 1.35 bits per heavy atom. The lowest BCUT2D eigenvalue weighted by Crippen LogP contribution is -2.34. The van der Waals surface area contributed by atoms with E-state index in [0.29, 0.717) is 0 Å². The van der Waals surface area contributed by atoms with Gasteiger partial charge in [-0.15, -0.1) is 0 Å². The number of hydrogen-bond donors (Lipinski definition) is 2. The third-order valence-electron chi connectivity index (χ3n) is 2.17. The molecule has 0 aliphatic rings. The van der Waals surface area contributed by atoms with Gasteiger partial charge in [-0.2, -0.15) is 0 Å². The van der Waals surface area contributed by atoms with Crippen molar-refractivity contribution in [2.45, 2.75) is 32.4 Å². The molecule has 0 aromatic heterocycles. The Bertz CT molecular complexity index is 357. The predicted molar refractivity (Wildman–Crippen MR) is 65.7 cm³/mol. The fraction of sp³-hybridized carbons (Fsp3) is 0.462. The summed E-state index contributed by atoms with van der Waals surface area (Å²) in [7, 11) is 0. The van der Waals surface area contributed by atoms with E-state index in [9.17, 15) is 4.79 Å². The van der Waals surface area contributed by atoms with Crippen molar-refractivity contribution in [3.8, 4) is 0 Å². The van der Waals surface area contributed by atoms with Gasteiger partial charge in [0.25, 0.3) is 0 Å². The quantitative estimate of drug-likeness (QED) is 0.771. The van der Waals surface area contributed by atoms with E-state index >= 15 is 0 Å². The lowest BCUT2D eigenvalue weighted by Gasteiger charge is -2.22. The number of hydrogen-bond acceptors (Lipinski definition) is 3. The van der Waals surface area contributed by atoms with E-state index in [4.69, 9.17) is 9.84 Å². The van der Waals surface area contributed by atoms with Crippen LogP contribution in [0.3, 0.4) is 0 Å². The van der Waals surface area contributed by atoms with Crippen LogP contribution in [-0.2, 0) is 9.53 Å². The van der Waals surface area contributed by atoms with Gasteiger partial charge in [-0.05, 0) is 26.3 Å². The first-order valence-electron chi connectivity index (χ1n) is 5.55. The lowest BCUT2D eigenvalue weighted by atomic mass is 10.1. The molecule has 0 aliphatic carbocycles. The van der Waals surface area contributed by atoms with E-state index in [2.05, 4.69) is 5.32 Å². The average Bonchev–Trinajstić information content (AvgIpc) is 2.23. The van der Waals surface area contributed by atoms with Crippen molar-refractivity contribution in [3.05, 3.63) is 35.9 Å². The van der Waals surface area contributed by atoms with Crippen LogP contribution in [-0.4, -0.2) is 23.4 Å². The summed E-state index contributed by atoms with van der Waals surface area (Å²) in [5.74, 6) is -0.909. The highest BCUT2D eigenvalue weighted by atomic mass is 16.5. The van der Waals surface area contributed by atoms with Gasteiger partial charge in [0, 0.05) is 0 Å². The highest BCUT2D eigenvalue weighted by Gasteiger charge is 2.19. The van der Waals surface area contributed by atoms with Crippen molar-refractivity contribution < 1.29 is 14.6 Å². The molecule has 0 saturated heterocycles. The second-order valence-electron chi connectivity index (χ2n) is 4.79. The van der Waals surface area contributed by atoms with E-state index in [-0.39, 0.29) is 12.3 Å². The van der Waals surface area contributed by atoms with Gasteiger partial charge in [-0.25, -0.2) is 0 Å². The fourth-order valence-electron chi connectivity index (χ4n) is 1.33. The summed E-state index contributed by atoms with van der Waals surface area (Å²) < 4.78 is 5.46. The van der Waals surface area contributed by atoms with E-state index in [0.717, 1.165) is 5.56 Å². The molecule has 0 radical (unpaired) electrons. The molecule has 0 spiro atoms. The van der Waals surface area contributed by atoms with E-state index in [1.165, 1.54) is 0 Å². The van der Waals surface area contributed by atoms with Crippen LogP contribution < -0.4 is 5.32 Å². The van der Waals surface area contributed by atoms with Gasteiger partial charge in [0.2, 0.25) is 0 Å². The molecule has 0 unspecified atom stereocenters. The van der Waals surface area contributed by atoms with Gasteiger partial charge in [-0.1, -0.05) is 30.3 Å². The summed E-state index contributed by atoms with van der Waals surface area (Å²) in [6.07, 6.45) is 0. The number of carboxylic acids is 1. The van der Waals surface area contributed by atoms with E-state index in [1.807, 2.05) is 39.0 Å². The summed E-state index contributed by atoms with van der Waals surface area (Å²) in [6, 6.07) is 8.31. The van der Waals surface area contributed by atoms with Crippen LogP contribution in [0, 0.1) is 0 Å². The number of aliphatic carboxylic acids is 1. The van der Waals surface area contributed by atoms with Crippen LogP contribution >= 0.6 is 0 Å². The van der Waals surface area contributed by atoms with Crippen molar-refractivity contribution in [3.63, 3.8) is 0 Å². The topological polar surface area (TPSA) is 58.6 Å². The Morgan fingerprint density at radius 3 is 2.41 bits per heavy atom. The Kier molecular flexibility index (Phi) is 4.66. The molecule has 1 rings (SSSR count). The van der Waals surface area contributed by atoms with Gasteiger partial charge in [0.1, 0.15) is 6.04 Å². The monoisotopic (exact) mass is 237 g/mol. The summed E-state index contributed by atoms with van der Waals surface area (Å²) in [4.78, 5) is 11.1. The fourth-order valence-corrected chi connectivity index (χ4v) is 1.33. The first-order valence-corrected chi connectivity index (χ1v) is 5.55. The van der Waals surface area contributed by atoms with Gasteiger partial charge in [0.05, 0.1) is 12.3 Å². The highest BCUT2D eigenvalue weighted by Crippen LogP contribution is 2.13. The number of carboxylic acid groups (broad SMARTS) is 1. The lowest BCUT2D eigenvalue weighted by molar-refractivity contribution is -0.140. The number of ether oxygens (including phenoxy) is 1. The van der Waals surface area contributed by atoms with Crippen LogP contribution in [0.15, 0.2) is 30.3 Å². The molecule has 1 aromatic rings. The summed E-state index contributed by atoms with van der Waals surface area (Å²) >= 11 is 0. The van der Waals surface area contributed by atoms with E-state index < -0.39 is 12.0 Å². The maximum atomic E-state index is 11.1. The molecule has 0 saturated carbocycles. The minimum Gasteiger partial charge on any atom is -0.480 e. The van der Waals surface area contributed by atoms with Crippen LogP contribution in [0.4, 0.5) is 0 Å². The zero-order valence-corrected chi connectivity index (χ0v) is 10.4. The molecule has 94 valence electrons. The summed E-state index contributed by atoms with van der Waals surface area (Å²) in [5, 5.41) is 12.0. The van der Waals surface area contributed by atoms with Crippen molar-refractivity contribution in [1.82, 2.24) is 5.32 Å². The summed E-state index contributed by atoms with van der Waals surface area (Å²) in [6.45, 7) is 5.97. The second kappa shape index (κ2) is 5.80. The SMILES string of the molecule is CC(C)(C)OCN[C@@H](C(=O)O)c1ccccc1. The van der Waals surface area contributed by atoms with Crippen molar-refractivity contribution in [2.24, 2.45) is 0 Å². The highest BCUT2D eigenvalue weighted by molar-refractivity contribution is 5.75. The number of carbonyl (C=O) groups is 1. The van der Waals surface area contributed by atoms with Crippen LogP contribution in [0.5, 0.6) is 0 Å². The first-order chi connectivity index (χ1) is 7.90. The Balaban J connectivity index is 2.60. The minimum absolute atomic E-state index is 0.204. The second-order valence-corrected chi connectivity index (χ2v) is 4.79. The van der Waals surface area contributed by atoms with Gasteiger partial charge in [-0.3, -0.25) is 10.1 Å². The zero-order valence-electron chi connectivity index (χ0n) is 10.4. The molecule has 0 bridgehead atoms. The molecule has 0 heterocycles. The van der Waals surface area contributed by atoms with Gasteiger partial charge in [0.15, 0.2) is 0 Å². The maximum absolute atomic E-state index is 11.1. The van der Waals surface area contributed by atoms with Crippen molar-refractivity contribution in [2.75, 3.05) is 6.73 Å². The Hall–Kier alpha value is -1.39. The zero-order chi connectivity index (χ0) is 12.9. The molecule has 17 heavy (non-hydrogen) atoms. The molecule has 0 fully saturated rings. The van der Waals surface area contributed by atoms with Crippen LogP contribution in [0.2, 0.25) is 0 Å². The standard InChI is InChI=1S/C13H19NO3/c1-13(2,3)17-9-14-11(12(15)16)10-7-5-4-6-8-10/h4-8,11,14H,9H2,1-3H3,(H,15,16)/t11-/m1/s1. The third-order valence-corrected chi connectivity index (χ3v) is 2.17. The molecular weight excluding hydrogens is 218 g/mol. The third kappa shape index (κ3) is 4.97. The molecule has 1 atom stereocenters. The Labute approximate surface area is 102 Å². The van der Waals surface area contributed by atoms with Crippen LogP contribution in [0.1, 0.15) is 32.4 Å². The number of rotatable bonds is 5. The molecule has 2 N–H and O–H groups in total. The molecule has 0 aliphatic heterocycles. The average molecular weight is 237 g/mol. The molecule has 0 amide bonds. The summed E-state index contributed by atoms with van der Waals surface area (Å²) in [5.41, 5.74) is 0.435. The maximum Gasteiger partial charge on any atom is 0.325 e. The number of benzene rings is 1. The van der Waals surface area contributed by atoms with Crippen molar-refractivity contribution >= 4 is 5.97 Å². The minimum atomic E-state index is -0.909. The molecule has 4 nitrogen and oxygen atoms in total. The molecule has 4 heteroatoms. The first kappa shape index (κ1) is 13.7. The smallest absolute Gasteiger partial charge is 0.325 e. The van der Waals surface area contributed by atoms with Gasteiger partial charge < -0.3 is 9.84 Å². The van der Waals surface area contributed by atoms with Crippen LogP contribution in [0.25, 0.3) is 0 Å². The van der Waals surface area contributed by atoms with Crippen molar-refractivity contribution in [1.29, 1.82) is 0 Å². The predicted octanol–water partition coefficient (Wildman–Crippen LogP) is 2.17. The van der Waals surface area contributed by atoms with E-state index in [1.54, 1.807) is 12.1 Å². The normalized spacial score (nSPS) is 13.4. The number of nitrogens with one attached hydrogen (secondary N) is 1. The van der Waals surface area contributed by atoms with Gasteiger partial charge >= 0.3 is 5.97 Å². The largest absolute Gasteiger partial charge is 0.480 e. The molecular formula is C13H19NO3. The Morgan fingerprint density at radius 2 is 1.94 bits per heavy atom. The molecule has 1 aromatic carbocycles.